The van der Waals surface area contributed by atoms with Gasteiger partial charge in [-0.3, -0.25) is 4.79 Å². The molecule has 0 fully saturated rings. The molecule has 3 rings (SSSR count). The Labute approximate surface area is 140 Å². The number of hydrogen-bond donors (Lipinski definition) is 1. The van der Waals surface area contributed by atoms with E-state index in [2.05, 4.69) is 5.32 Å². The molecule has 1 atom stereocenters. The lowest BCUT2D eigenvalue weighted by molar-refractivity contribution is -0.134. The summed E-state index contributed by atoms with van der Waals surface area (Å²) in [5.41, 5.74) is 0.618. The molecule has 0 aromatic heterocycles. The van der Waals surface area contributed by atoms with Gasteiger partial charge in [-0.1, -0.05) is 30.3 Å². The fourth-order valence-corrected chi connectivity index (χ4v) is 2.77. The van der Waals surface area contributed by atoms with Crippen LogP contribution >= 0.6 is 0 Å². The number of rotatable bonds is 4. The minimum Gasteiger partial charge on any atom is -0.492 e. The van der Waals surface area contributed by atoms with Crippen LogP contribution in [0.5, 0.6) is 5.75 Å². The average molecular weight is 325 g/mol. The minimum absolute atomic E-state index is 0.331. The van der Waals surface area contributed by atoms with Crippen molar-refractivity contribution in [3.05, 3.63) is 59.7 Å². The molecule has 0 bridgehead atoms. The lowest BCUT2D eigenvalue weighted by Crippen LogP contribution is -2.48. The summed E-state index contributed by atoms with van der Waals surface area (Å²) in [6.45, 7) is 3.99. The van der Waals surface area contributed by atoms with Gasteiger partial charge in [0.1, 0.15) is 5.75 Å². The molecule has 0 saturated heterocycles. The zero-order valence-corrected chi connectivity index (χ0v) is 13.7. The normalized spacial score (nSPS) is 19.2. The van der Waals surface area contributed by atoms with Crippen molar-refractivity contribution in [2.24, 2.45) is 0 Å². The van der Waals surface area contributed by atoms with Gasteiger partial charge in [0.25, 0.3) is 5.91 Å². The molecule has 0 spiro atoms. The summed E-state index contributed by atoms with van der Waals surface area (Å²) >= 11 is 0. The van der Waals surface area contributed by atoms with Crippen molar-refractivity contribution in [1.29, 1.82) is 0 Å². The number of ether oxygens (including phenoxy) is 2. The van der Waals surface area contributed by atoms with Gasteiger partial charge in [0.15, 0.2) is 5.60 Å². The maximum atomic E-state index is 12.8. The zero-order valence-electron chi connectivity index (χ0n) is 13.7. The molecule has 1 aliphatic heterocycles. The first-order valence-corrected chi connectivity index (χ1v) is 7.88. The molecule has 0 radical (unpaired) electrons. The van der Waals surface area contributed by atoms with E-state index >= 15 is 0 Å². The Morgan fingerprint density at radius 3 is 2.71 bits per heavy atom. The predicted molar refractivity (Wildman–Crippen MR) is 90.2 cm³/mol. The summed E-state index contributed by atoms with van der Waals surface area (Å²) in [5, 5.41) is 2.82. The van der Waals surface area contributed by atoms with E-state index in [9.17, 15) is 9.59 Å². The van der Waals surface area contributed by atoms with Gasteiger partial charge in [-0.2, -0.15) is 0 Å². The molecule has 124 valence electrons. The van der Waals surface area contributed by atoms with Crippen LogP contribution in [0.25, 0.3) is 0 Å². The molecule has 2 aromatic carbocycles. The summed E-state index contributed by atoms with van der Waals surface area (Å²) in [5.74, 6) is -0.274. The van der Waals surface area contributed by atoms with Crippen LogP contribution in [0.15, 0.2) is 48.5 Å². The first-order chi connectivity index (χ1) is 11.5. The molecule has 1 aliphatic rings. The lowest BCUT2D eigenvalue weighted by Gasteiger charge is -2.33. The third kappa shape index (κ3) is 2.97. The molecule has 0 saturated carbocycles. The Morgan fingerprint density at radius 2 is 1.92 bits per heavy atom. The number of fused-ring (bicyclic) bond motifs is 1. The molecular formula is C19H19NO4. The third-order valence-corrected chi connectivity index (χ3v) is 4.00. The van der Waals surface area contributed by atoms with E-state index in [1.165, 1.54) is 0 Å². The van der Waals surface area contributed by atoms with Crippen molar-refractivity contribution in [3.8, 4) is 5.75 Å². The quantitative estimate of drug-likeness (QED) is 0.877. The molecule has 24 heavy (non-hydrogen) atoms. The highest BCUT2D eigenvalue weighted by Crippen LogP contribution is 2.31. The van der Waals surface area contributed by atoms with Crippen molar-refractivity contribution in [2.75, 3.05) is 11.9 Å². The van der Waals surface area contributed by atoms with Gasteiger partial charge in [-0.25, -0.2) is 4.79 Å². The fourth-order valence-electron chi connectivity index (χ4n) is 2.77. The number of nitrogens with one attached hydrogen (secondary N) is 1. The van der Waals surface area contributed by atoms with Crippen molar-refractivity contribution in [1.82, 2.24) is 0 Å². The minimum atomic E-state index is -1.26. The van der Waals surface area contributed by atoms with Gasteiger partial charge in [-0.15, -0.1) is 0 Å². The van der Waals surface area contributed by atoms with E-state index in [1.807, 2.05) is 31.2 Å². The zero-order chi connectivity index (χ0) is 17.2. The smallest absolute Gasteiger partial charge is 0.339 e. The summed E-state index contributed by atoms with van der Waals surface area (Å²) in [6.07, 6.45) is 0.331. The SMILES string of the molecule is CCOc1ccccc1NC(=O)[C@]1(C)Cc2ccccc2C(=O)O1. The molecule has 1 N–H and O–H groups in total. The molecule has 2 aromatic rings. The molecule has 1 amide bonds. The number of anilines is 1. The number of para-hydroxylation sites is 2. The van der Waals surface area contributed by atoms with Gasteiger partial charge in [0.05, 0.1) is 17.9 Å². The van der Waals surface area contributed by atoms with Gasteiger partial charge in [0.2, 0.25) is 0 Å². The maximum Gasteiger partial charge on any atom is 0.339 e. The number of amides is 1. The van der Waals surface area contributed by atoms with Crippen LogP contribution in [-0.2, 0) is 16.0 Å². The Hall–Kier alpha value is -2.82. The van der Waals surface area contributed by atoms with E-state index < -0.39 is 11.6 Å². The highest BCUT2D eigenvalue weighted by molar-refractivity contribution is 6.03. The van der Waals surface area contributed by atoms with Gasteiger partial charge < -0.3 is 14.8 Å². The lowest BCUT2D eigenvalue weighted by atomic mass is 9.89. The third-order valence-electron chi connectivity index (χ3n) is 4.00. The first kappa shape index (κ1) is 16.1. The summed E-state index contributed by atoms with van der Waals surface area (Å²) < 4.78 is 11.0. The standard InChI is InChI=1S/C19H19NO4/c1-3-23-16-11-7-6-10-15(16)20-18(22)19(2)12-13-8-4-5-9-14(13)17(21)24-19/h4-11H,3,12H2,1-2H3,(H,20,22)/t19-/m0/s1. The number of esters is 1. The molecule has 5 nitrogen and oxygen atoms in total. The molecule has 0 aliphatic carbocycles. The molecule has 5 heteroatoms. The van der Waals surface area contributed by atoms with E-state index in [1.54, 1.807) is 31.2 Å². The molecular weight excluding hydrogens is 306 g/mol. The van der Waals surface area contributed by atoms with Crippen molar-refractivity contribution < 1.29 is 19.1 Å². The van der Waals surface area contributed by atoms with Crippen LogP contribution in [-0.4, -0.2) is 24.1 Å². The monoisotopic (exact) mass is 325 g/mol. The number of benzene rings is 2. The van der Waals surface area contributed by atoms with Crippen LogP contribution in [0.1, 0.15) is 29.8 Å². The second-order valence-corrected chi connectivity index (χ2v) is 5.84. The van der Waals surface area contributed by atoms with E-state index in [-0.39, 0.29) is 5.91 Å². The van der Waals surface area contributed by atoms with Crippen LogP contribution in [0.4, 0.5) is 5.69 Å². The summed E-state index contributed by atoms with van der Waals surface area (Å²) in [7, 11) is 0. The Balaban J connectivity index is 1.84. The van der Waals surface area contributed by atoms with Crippen LogP contribution in [0.3, 0.4) is 0 Å². The van der Waals surface area contributed by atoms with Crippen LogP contribution in [0, 0.1) is 0 Å². The number of carbonyl (C=O) groups excluding carboxylic acids is 2. The Kier molecular flexibility index (Phi) is 4.25. The fraction of sp³-hybridized carbons (Fsp3) is 0.263. The Bertz CT molecular complexity index is 786. The van der Waals surface area contributed by atoms with Crippen molar-refractivity contribution >= 4 is 17.6 Å². The Morgan fingerprint density at radius 1 is 1.21 bits per heavy atom. The van der Waals surface area contributed by atoms with Crippen LogP contribution < -0.4 is 10.1 Å². The maximum absolute atomic E-state index is 12.8. The highest BCUT2D eigenvalue weighted by atomic mass is 16.6. The van der Waals surface area contributed by atoms with Crippen LogP contribution in [0.2, 0.25) is 0 Å². The first-order valence-electron chi connectivity index (χ1n) is 7.88. The summed E-state index contributed by atoms with van der Waals surface area (Å²) in [6, 6.07) is 14.4. The summed E-state index contributed by atoms with van der Waals surface area (Å²) in [4.78, 5) is 25.0. The second-order valence-electron chi connectivity index (χ2n) is 5.84. The van der Waals surface area contributed by atoms with E-state index in [0.717, 1.165) is 5.56 Å². The predicted octanol–water partition coefficient (Wildman–Crippen LogP) is 3.20. The molecule has 1 heterocycles. The number of carbonyl (C=O) groups is 2. The number of hydrogen-bond acceptors (Lipinski definition) is 4. The van der Waals surface area contributed by atoms with Gasteiger partial charge >= 0.3 is 5.97 Å². The van der Waals surface area contributed by atoms with Crippen molar-refractivity contribution in [2.45, 2.75) is 25.9 Å². The number of cyclic esters (lactones) is 1. The van der Waals surface area contributed by atoms with Gasteiger partial charge in [0, 0.05) is 6.42 Å². The largest absolute Gasteiger partial charge is 0.492 e. The van der Waals surface area contributed by atoms with Crippen molar-refractivity contribution in [3.63, 3.8) is 0 Å². The highest BCUT2D eigenvalue weighted by Gasteiger charge is 2.42. The second kappa shape index (κ2) is 6.35. The average Bonchev–Trinajstić information content (AvgIpc) is 2.57. The molecule has 0 unspecified atom stereocenters. The van der Waals surface area contributed by atoms with E-state index in [4.69, 9.17) is 9.47 Å². The van der Waals surface area contributed by atoms with E-state index in [0.29, 0.717) is 30.0 Å². The van der Waals surface area contributed by atoms with Gasteiger partial charge in [-0.05, 0) is 37.6 Å². The topological polar surface area (TPSA) is 64.6 Å².